The van der Waals surface area contributed by atoms with Crippen LogP contribution in [0.5, 0.6) is 11.5 Å². The van der Waals surface area contributed by atoms with Crippen LogP contribution in [-0.4, -0.2) is 25.2 Å². The molecule has 0 heterocycles. The van der Waals surface area contributed by atoms with Gasteiger partial charge in [0, 0.05) is 11.8 Å². The number of carbonyl (C=O) groups is 1. The Hall–Kier alpha value is -3.47. The van der Waals surface area contributed by atoms with Crippen LogP contribution in [0.1, 0.15) is 25.8 Å². The minimum Gasteiger partial charge on any atom is -0.494 e. The fraction of sp³-hybridized carbons (Fsp3) is 0.269. The fourth-order valence-electron chi connectivity index (χ4n) is 3.12. The molecule has 0 aromatic heterocycles. The van der Waals surface area contributed by atoms with Gasteiger partial charge in [-0.2, -0.15) is 0 Å². The van der Waals surface area contributed by atoms with E-state index >= 15 is 0 Å². The molecule has 0 aliphatic rings. The van der Waals surface area contributed by atoms with Crippen molar-refractivity contribution in [3.05, 3.63) is 84.4 Å². The molecule has 162 valence electrons. The largest absolute Gasteiger partial charge is 0.494 e. The van der Waals surface area contributed by atoms with Crippen molar-refractivity contribution in [3.8, 4) is 11.5 Å². The van der Waals surface area contributed by atoms with Gasteiger partial charge in [0.1, 0.15) is 11.5 Å². The molecule has 0 fully saturated rings. The Balaban J connectivity index is 1.45. The van der Waals surface area contributed by atoms with Gasteiger partial charge < -0.3 is 20.1 Å². The Morgan fingerprint density at radius 1 is 0.935 bits per heavy atom. The van der Waals surface area contributed by atoms with Gasteiger partial charge >= 0.3 is 0 Å². The highest BCUT2D eigenvalue weighted by Gasteiger charge is 2.08. The summed E-state index contributed by atoms with van der Waals surface area (Å²) in [4.78, 5) is 12.4. The first-order chi connectivity index (χ1) is 15.1. The maximum Gasteiger partial charge on any atom is 0.243 e. The molecule has 0 unspecified atom stereocenters. The maximum atomic E-state index is 12.4. The van der Waals surface area contributed by atoms with Gasteiger partial charge in [-0.3, -0.25) is 4.79 Å². The van der Waals surface area contributed by atoms with Crippen molar-refractivity contribution in [3.63, 3.8) is 0 Å². The number of nitrogens with one attached hydrogen (secondary N) is 2. The van der Waals surface area contributed by atoms with Crippen molar-refractivity contribution < 1.29 is 14.3 Å². The Bertz CT molecular complexity index is 958. The molecule has 0 spiro atoms. The average Bonchev–Trinajstić information content (AvgIpc) is 2.77. The molecule has 0 saturated carbocycles. The number of benzene rings is 3. The van der Waals surface area contributed by atoms with Crippen LogP contribution in [0.15, 0.2) is 78.9 Å². The smallest absolute Gasteiger partial charge is 0.243 e. The van der Waals surface area contributed by atoms with E-state index in [1.54, 1.807) is 0 Å². The molecule has 3 aromatic rings. The van der Waals surface area contributed by atoms with Crippen molar-refractivity contribution in [1.82, 2.24) is 0 Å². The molecule has 0 aliphatic heterocycles. The summed E-state index contributed by atoms with van der Waals surface area (Å²) < 4.78 is 11.6. The second kappa shape index (κ2) is 11.6. The zero-order valence-corrected chi connectivity index (χ0v) is 18.1. The molecule has 0 bridgehead atoms. The Labute approximate surface area is 184 Å². The zero-order chi connectivity index (χ0) is 21.9. The van der Waals surface area contributed by atoms with E-state index in [0.29, 0.717) is 12.3 Å². The van der Waals surface area contributed by atoms with Gasteiger partial charge in [-0.15, -0.1) is 0 Å². The fourth-order valence-corrected chi connectivity index (χ4v) is 3.12. The molecular weight excluding hydrogens is 388 g/mol. The number of hydrogen-bond acceptors (Lipinski definition) is 4. The third-order valence-corrected chi connectivity index (χ3v) is 4.53. The molecule has 31 heavy (non-hydrogen) atoms. The van der Waals surface area contributed by atoms with Crippen LogP contribution in [-0.2, 0) is 11.2 Å². The number of para-hydroxylation sites is 2. The number of aryl methyl sites for hydroxylation is 1. The summed E-state index contributed by atoms with van der Waals surface area (Å²) in [7, 11) is 0. The quantitative estimate of drug-likeness (QED) is 0.402. The number of hydrogen-bond donors (Lipinski definition) is 2. The minimum absolute atomic E-state index is 0.0622. The van der Waals surface area contributed by atoms with E-state index in [-0.39, 0.29) is 18.6 Å². The molecule has 5 heteroatoms. The lowest BCUT2D eigenvalue weighted by molar-refractivity contribution is -0.114. The standard InChI is InChI=1S/C26H30N2O3/c1-20(2)31-25-16-7-6-15-24(25)27-19-26(29)28-22-13-8-14-23(18-22)30-17-9-12-21-10-4-3-5-11-21/h3-8,10-11,13-16,18,20,27H,9,12,17,19H2,1-2H3,(H,28,29). The summed E-state index contributed by atoms with van der Waals surface area (Å²) in [5.41, 5.74) is 2.81. The van der Waals surface area contributed by atoms with Crippen LogP contribution in [0, 0.1) is 0 Å². The second-order valence-corrected chi connectivity index (χ2v) is 7.53. The monoisotopic (exact) mass is 418 g/mol. The van der Waals surface area contributed by atoms with Crippen molar-refractivity contribution in [2.45, 2.75) is 32.8 Å². The third-order valence-electron chi connectivity index (χ3n) is 4.53. The van der Waals surface area contributed by atoms with E-state index in [0.717, 1.165) is 30.0 Å². The predicted molar refractivity (Wildman–Crippen MR) is 126 cm³/mol. The first-order valence-electron chi connectivity index (χ1n) is 10.7. The lowest BCUT2D eigenvalue weighted by atomic mass is 10.1. The normalized spacial score (nSPS) is 10.5. The minimum atomic E-state index is -0.138. The van der Waals surface area contributed by atoms with E-state index in [4.69, 9.17) is 9.47 Å². The number of anilines is 2. The molecule has 5 nitrogen and oxygen atoms in total. The Morgan fingerprint density at radius 2 is 1.71 bits per heavy atom. The number of ether oxygens (including phenoxy) is 2. The van der Waals surface area contributed by atoms with Crippen LogP contribution in [0.4, 0.5) is 11.4 Å². The van der Waals surface area contributed by atoms with Gasteiger partial charge in [-0.25, -0.2) is 0 Å². The summed E-state index contributed by atoms with van der Waals surface area (Å²) in [6.45, 7) is 4.71. The molecule has 2 N–H and O–H groups in total. The molecule has 0 saturated heterocycles. The molecule has 1 amide bonds. The summed E-state index contributed by atoms with van der Waals surface area (Å²) >= 11 is 0. The molecule has 3 aromatic carbocycles. The van der Waals surface area contributed by atoms with Crippen LogP contribution < -0.4 is 20.1 Å². The van der Waals surface area contributed by atoms with Gasteiger partial charge in [0.2, 0.25) is 5.91 Å². The van der Waals surface area contributed by atoms with Crippen molar-refractivity contribution in [2.24, 2.45) is 0 Å². The van der Waals surface area contributed by atoms with Gasteiger partial charge in [0.25, 0.3) is 0 Å². The first kappa shape index (κ1) is 22.2. The summed E-state index contributed by atoms with van der Waals surface area (Å²) in [6, 6.07) is 25.4. The van der Waals surface area contributed by atoms with E-state index in [9.17, 15) is 4.79 Å². The molecule has 0 atom stereocenters. The van der Waals surface area contributed by atoms with Crippen LogP contribution in [0.3, 0.4) is 0 Å². The van der Waals surface area contributed by atoms with Crippen LogP contribution >= 0.6 is 0 Å². The molecule has 0 radical (unpaired) electrons. The first-order valence-corrected chi connectivity index (χ1v) is 10.7. The van der Waals surface area contributed by atoms with Crippen LogP contribution in [0.25, 0.3) is 0 Å². The van der Waals surface area contributed by atoms with Gasteiger partial charge in [0.05, 0.1) is 24.9 Å². The van der Waals surface area contributed by atoms with Crippen molar-refractivity contribution in [2.75, 3.05) is 23.8 Å². The molecule has 3 rings (SSSR count). The number of rotatable bonds is 11. The second-order valence-electron chi connectivity index (χ2n) is 7.53. The highest BCUT2D eigenvalue weighted by Crippen LogP contribution is 2.24. The molecule has 0 aliphatic carbocycles. The molecular formula is C26H30N2O3. The summed E-state index contributed by atoms with van der Waals surface area (Å²) in [5, 5.41) is 6.05. The Kier molecular flexibility index (Phi) is 8.35. The third kappa shape index (κ3) is 7.70. The topological polar surface area (TPSA) is 59.6 Å². The zero-order valence-electron chi connectivity index (χ0n) is 18.1. The lowest BCUT2D eigenvalue weighted by Crippen LogP contribution is -2.22. The van der Waals surface area contributed by atoms with E-state index < -0.39 is 0 Å². The van der Waals surface area contributed by atoms with Crippen molar-refractivity contribution in [1.29, 1.82) is 0 Å². The van der Waals surface area contributed by atoms with E-state index in [1.807, 2.05) is 80.6 Å². The lowest BCUT2D eigenvalue weighted by Gasteiger charge is -2.15. The van der Waals surface area contributed by atoms with E-state index in [1.165, 1.54) is 5.56 Å². The van der Waals surface area contributed by atoms with Gasteiger partial charge in [-0.1, -0.05) is 48.5 Å². The Morgan fingerprint density at radius 3 is 2.52 bits per heavy atom. The van der Waals surface area contributed by atoms with Gasteiger partial charge in [0.15, 0.2) is 0 Å². The average molecular weight is 419 g/mol. The number of carbonyl (C=O) groups excluding carboxylic acids is 1. The van der Waals surface area contributed by atoms with Crippen LogP contribution in [0.2, 0.25) is 0 Å². The predicted octanol–water partition coefficient (Wildman–Crippen LogP) is 5.54. The maximum absolute atomic E-state index is 12.4. The SMILES string of the molecule is CC(C)Oc1ccccc1NCC(=O)Nc1cccc(OCCCc2ccccc2)c1. The highest BCUT2D eigenvalue weighted by atomic mass is 16.5. The van der Waals surface area contributed by atoms with E-state index in [2.05, 4.69) is 22.8 Å². The van der Waals surface area contributed by atoms with Crippen molar-refractivity contribution >= 4 is 17.3 Å². The number of amides is 1. The summed E-state index contributed by atoms with van der Waals surface area (Å²) in [6.07, 6.45) is 1.97. The summed E-state index contributed by atoms with van der Waals surface area (Å²) in [5.74, 6) is 1.34. The van der Waals surface area contributed by atoms with Gasteiger partial charge in [-0.05, 0) is 56.5 Å². The highest BCUT2D eigenvalue weighted by molar-refractivity contribution is 5.94.